The Balaban J connectivity index is 1.75. The van der Waals surface area contributed by atoms with Gasteiger partial charge in [0.2, 0.25) is 5.91 Å². The molecule has 3 aliphatic heterocycles. The van der Waals surface area contributed by atoms with E-state index < -0.39 is 15.4 Å². The highest BCUT2D eigenvalue weighted by Gasteiger charge is 2.52. The zero-order valence-corrected chi connectivity index (χ0v) is 16.4. The lowest BCUT2D eigenvalue weighted by molar-refractivity contribution is -0.130. The minimum atomic E-state index is -3.08. The maximum absolute atomic E-state index is 12.6. The third-order valence-corrected chi connectivity index (χ3v) is 7.87. The summed E-state index contributed by atoms with van der Waals surface area (Å²) in [6.07, 6.45) is 5.87. The number of nitrogens with zero attached hydrogens (tertiary/aromatic N) is 3. The molecule has 0 aromatic heterocycles. The van der Waals surface area contributed by atoms with Crippen molar-refractivity contribution in [2.24, 2.45) is 5.73 Å². The molecule has 1 radical (unpaired) electrons. The standard InChI is InChI=1S/C17H29N4O4S/c1-19(2)16(23)20(14-6-11-26(24,25)12-14)9-10-21-13-4-3-7-17(21,8-5-13)15(18)22/h3,13-14H,4-12H2,1-2H3,(H2,18,22)/t13-,14-,17+/m1/s1. The molecular weight excluding hydrogens is 356 g/mol. The molecule has 26 heavy (non-hydrogen) atoms. The Morgan fingerprint density at radius 2 is 2.04 bits per heavy atom. The van der Waals surface area contributed by atoms with Crippen molar-refractivity contribution in [1.82, 2.24) is 14.7 Å². The van der Waals surface area contributed by atoms with Crippen LogP contribution >= 0.6 is 0 Å². The van der Waals surface area contributed by atoms with E-state index in [2.05, 4.69) is 11.3 Å². The Morgan fingerprint density at radius 3 is 2.62 bits per heavy atom. The quantitative estimate of drug-likeness (QED) is 0.708. The third-order valence-electron chi connectivity index (χ3n) is 6.12. The average molecular weight is 386 g/mol. The molecule has 3 atom stereocenters. The molecule has 0 unspecified atom stereocenters. The number of fused-ring (bicyclic) bond motifs is 2. The van der Waals surface area contributed by atoms with E-state index in [1.807, 2.05) is 0 Å². The first-order valence-corrected chi connectivity index (χ1v) is 11.0. The number of hydrogen-bond donors (Lipinski definition) is 1. The van der Waals surface area contributed by atoms with Gasteiger partial charge in [-0.1, -0.05) is 0 Å². The molecule has 3 heterocycles. The van der Waals surface area contributed by atoms with Crippen molar-refractivity contribution < 1.29 is 18.0 Å². The minimum Gasteiger partial charge on any atom is -0.368 e. The van der Waals surface area contributed by atoms with Gasteiger partial charge in [0, 0.05) is 39.3 Å². The molecular formula is C17H29N4O4S. The number of carbonyl (C=O) groups is 2. The van der Waals surface area contributed by atoms with Crippen LogP contribution in [0.25, 0.3) is 0 Å². The lowest BCUT2D eigenvalue weighted by Crippen LogP contribution is -2.60. The van der Waals surface area contributed by atoms with E-state index in [0.29, 0.717) is 25.9 Å². The highest BCUT2D eigenvalue weighted by Crippen LogP contribution is 2.43. The first-order valence-electron chi connectivity index (χ1n) is 9.23. The molecule has 0 saturated carbocycles. The summed E-state index contributed by atoms with van der Waals surface area (Å²) in [5.74, 6) is -0.156. The molecule has 0 aromatic carbocycles. The molecule has 147 valence electrons. The van der Waals surface area contributed by atoms with Gasteiger partial charge in [-0.2, -0.15) is 0 Å². The average Bonchev–Trinajstić information content (AvgIpc) is 3.01. The molecule has 3 amide bonds. The van der Waals surface area contributed by atoms with Crippen LogP contribution in [0, 0.1) is 6.42 Å². The number of primary amides is 1. The fourth-order valence-corrected chi connectivity index (χ4v) is 6.45. The number of carbonyl (C=O) groups excluding carboxylic acids is 2. The Labute approximate surface area is 155 Å². The number of nitrogens with two attached hydrogens (primary N) is 1. The predicted octanol–water partition coefficient (Wildman–Crippen LogP) is -0.156. The summed E-state index contributed by atoms with van der Waals surface area (Å²) < 4.78 is 23.7. The van der Waals surface area contributed by atoms with Gasteiger partial charge in [0.1, 0.15) is 5.54 Å². The van der Waals surface area contributed by atoms with Gasteiger partial charge in [-0.3, -0.25) is 9.69 Å². The maximum Gasteiger partial charge on any atom is 0.319 e. The van der Waals surface area contributed by atoms with Crippen molar-refractivity contribution in [2.45, 2.75) is 49.7 Å². The van der Waals surface area contributed by atoms with Gasteiger partial charge in [-0.15, -0.1) is 0 Å². The van der Waals surface area contributed by atoms with E-state index >= 15 is 0 Å². The Hall–Kier alpha value is -1.35. The van der Waals surface area contributed by atoms with Crippen molar-refractivity contribution in [3.63, 3.8) is 0 Å². The molecule has 3 saturated heterocycles. The molecule has 3 rings (SSSR count). The van der Waals surface area contributed by atoms with Gasteiger partial charge in [-0.25, -0.2) is 13.2 Å². The summed E-state index contributed by atoms with van der Waals surface area (Å²) in [6.45, 7) is 0.945. The van der Waals surface area contributed by atoms with E-state index in [-0.39, 0.29) is 35.5 Å². The van der Waals surface area contributed by atoms with Gasteiger partial charge in [0.25, 0.3) is 0 Å². The molecule has 0 aliphatic carbocycles. The van der Waals surface area contributed by atoms with E-state index in [0.717, 1.165) is 19.3 Å². The molecule has 3 fully saturated rings. The van der Waals surface area contributed by atoms with Crippen LogP contribution in [0.3, 0.4) is 0 Å². The summed E-state index contributed by atoms with van der Waals surface area (Å²) in [7, 11) is 0.257. The summed E-state index contributed by atoms with van der Waals surface area (Å²) >= 11 is 0. The third kappa shape index (κ3) is 3.43. The van der Waals surface area contributed by atoms with Crippen molar-refractivity contribution in [2.75, 3.05) is 38.7 Å². The molecule has 9 heteroatoms. The van der Waals surface area contributed by atoms with Crippen LogP contribution in [-0.4, -0.2) is 91.4 Å². The Morgan fingerprint density at radius 1 is 1.31 bits per heavy atom. The smallest absolute Gasteiger partial charge is 0.319 e. The number of urea groups is 1. The van der Waals surface area contributed by atoms with E-state index in [4.69, 9.17) is 5.73 Å². The summed E-state index contributed by atoms with van der Waals surface area (Å²) in [5, 5.41) is 0. The number of piperidine rings is 1. The number of hydrogen-bond acceptors (Lipinski definition) is 5. The fourth-order valence-electron chi connectivity index (χ4n) is 4.72. The van der Waals surface area contributed by atoms with Crippen LogP contribution in [0.2, 0.25) is 0 Å². The molecule has 0 aromatic rings. The number of rotatable bonds is 5. The zero-order chi connectivity index (χ0) is 19.1. The first kappa shape index (κ1) is 19.4. The summed E-state index contributed by atoms with van der Waals surface area (Å²) in [6, 6.07) is -0.204. The maximum atomic E-state index is 12.6. The van der Waals surface area contributed by atoms with Crippen molar-refractivity contribution in [3.8, 4) is 0 Å². The highest BCUT2D eigenvalue weighted by atomic mass is 32.2. The second-order valence-electron chi connectivity index (χ2n) is 7.94. The Kier molecular flexibility index (Phi) is 5.22. The van der Waals surface area contributed by atoms with Crippen molar-refractivity contribution in [1.29, 1.82) is 0 Å². The summed E-state index contributed by atoms with van der Waals surface area (Å²) in [4.78, 5) is 30.1. The van der Waals surface area contributed by atoms with E-state index in [1.165, 1.54) is 4.90 Å². The SMILES string of the molecule is CN(C)C(=O)N(CCN1[C@@H]2C[CH]C[C@@]1(C(N)=O)CC2)[C@@H]1CCS(=O)(=O)C1. The fraction of sp³-hybridized carbons (Fsp3) is 0.824. The van der Waals surface area contributed by atoms with Crippen LogP contribution in [0.15, 0.2) is 0 Å². The van der Waals surface area contributed by atoms with Gasteiger partial charge >= 0.3 is 6.03 Å². The van der Waals surface area contributed by atoms with Crippen molar-refractivity contribution in [3.05, 3.63) is 6.42 Å². The lowest BCUT2D eigenvalue weighted by Gasteiger charge is -2.44. The molecule has 3 aliphatic rings. The minimum absolute atomic E-state index is 0.0186. The van der Waals surface area contributed by atoms with Crippen molar-refractivity contribution >= 4 is 21.8 Å². The largest absolute Gasteiger partial charge is 0.368 e. The van der Waals surface area contributed by atoms with Crippen LogP contribution < -0.4 is 5.73 Å². The molecule has 2 N–H and O–H groups in total. The van der Waals surface area contributed by atoms with E-state index in [9.17, 15) is 18.0 Å². The number of amides is 3. The van der Waals surface area contributed by atoms with Gasteiger partial charge in [0.15, 0.2) is 9.84 Å². The van der Waals surface area contributed by atoms with Crippen LogP contribution in [-0.2, 0) is 14.6 Å². The highest BCUT2D eigenvalue weighted by molar-refractivity contribution is 7.91. The summed E-state index contributed by atoms with van der Waals surface area (Å²) in [5.41, 5.74) is 5.09. The lowest BCUT2D eigenvalue weighted by atomic mass is 9.87. The van der Waals surface area contributed by atoms with Crippen LogP contribution in [0.1, 0.15) is 32.1 Å². The zero-order valence-electron chi connectivity index (χ0n) is 15.6. The second kappa shape index (κ2) is 6.99. The molecule has 8 nitrogen and oxygen atoms in total. The van der Waals surface area contributed by atoms with Crippen LogP contribution in [0.5, 0.6) is 0 Å². The topological polar surface area (TPSA) is 104 Å². The predicted molar refractivity (Wildman–Crippen MR) is 98.0 cm³/mol. The Bertz CT molecular complexity index is 676. The number of sulfone groups is 1. The van der Waals surface area contributed by atoms with Gasteiger partial charge in [0.05, 0.1) is 11.5 Å². The second-order valence-corrected chi connectivity index (χ2v) is 10.2. The van der Waals surface area contributed by atoms with Gasteiger partial charge < -0.3 is 15.5 Å². The monoisotopic (exact) mass is 385 g/mol. The normalized spacial score (nSPS) is 33.2. The molecule has 0 spiro atoms. The van der Waals surface area contributed by atoms with Crippen LogP contribution in [0.4, 0.5) is 4.79 Å². The first-order chi connectivity index (χ1) is 12.2. The molecule has 2 bridgehead atoms. The van der Waals surface area contributed by atoms with E-state index in [1.54, 1.807) is 19.0 Å². The van der Waals surface area contributed by atoms with Gasteiger partial charge in [-0.05, 0) is 38.5 Å².